The fourth-order valence-corrected chi connectivity index (χ4v) is 14.0. The highest BCUT2D eigenvalue weighted by atomic mass is 31.2. The normalized spacial score (nSPS) is 13.9. The standard InChI is InChI=1S/C80H156O17P2/c1-6-9-12-15-18-21-24-27-28-31-35-39-44-49-54-59-64-78(83)91-70-76(97-80(85)66-61-56-51-46-41-36-32-29-30-34-37-42-47-52-57-62-73(4)5)72-95-99(88,89)93-68-74(81)67-92-98(86,87)94-71-75(69-90-77(82)63-58-53-48-43-38-26-23-20-17-14-11-8-3)96-79(84)65-60-55-50-45-40-33-25-22-19-16-13-10-7-2/h73-76,81H,6-72H2,1-5H3,(H,86,87)(H,88,89)/t74-,75+,76+/m0/s1. The van der Waals surface area contributed by atoms with Crippen LogP contribution in [-0.4, -0.2) is 96.7 Å². The lowest BCUT2D eigenvalue weighted by Crippen LogP contribution is -2.30. The zero-order valence-electron chi connectivity index (χ0n) is 64.6. The number of phosphoric ester groups is 2. The Hall–Kier alpha value is -1.94. The molecule has 0 rings (SSSR count). The van der Waals surface area contributed by atoms with Gasteiger partial charge in [-0.1, -0.05) is 375 Å². The summed E-state index contributed by atoms with van der Waals surface area (Å²) in [7, 11) is -9.92. The molecule has 0 saturated heterocycles. The Bertz CT molecular complexity index is 1890. The summed E-state index contributed by atoms with van der Waals surface area (Å²) in [5, 5.41) is 10.6. The van der Waals surface area contributed by atoms with Gasteiger partial charge >= 0.3 is 39.5 Å². The van der Waals surface area contributed by atoms with Crippen LogP contribution in [0.15, 0.2) is 0 Å². The van der Waals surface area contributed by atoms with E-state index in [4.69, 9.17) is 37.0 Å². The second-order valence-electron chi connectivity index (χ2n) is 29.3. The minimum Gasteiger partial charge on any atom is -0.462 e. The van der Waals surface area contributed by atoms with Gasteiger partial charge in [0.25, 0.3) is 0 Å². The highest BCUT2D eigenvalue weighted by Gasteiger charge is 2.30. The predicted molar refractivity (Wildman–Crippen MR) is 405 cm³/mol. The molecule has 0 fully saturated rings. The van der Waals surface area contributed by atoms with Gasteiger partial charge in [-0.3, -0.25) is 37.3 Å². The molecule has 0 aliphatic carbocycles. The van der Waals surface area contributed by atoms with Crippen molar-refractivity contribution in [2.45, 2.75) is 445 Å². The van der Waals surface area contributed by atoms with Crippen molar-refractivity contribution >= 4 is 39.5 Å². The van der Waals surface area contributed by atoms with Crippen LogP contribution in [0.5, 0.6) is 0 Å². The van der Waals surface area contributed by atoms with E-state index in [-0.39, 0.29) is 25.7 Å². The van der Waals surface area contributed by atoms with Crippen LogP contribution in [0.1, 0.15) is 426 Å². The van der Waals surface area contributed by atoms with E-state index in [0.717, 1.165) is 95.8 Å². The molecule has 0 aromatic heterocycles. The number of unbranched alkanes of at least 4 members (excludes halogenated alkanes) is 52. The van der Waals surface area contributed by atoms with Gasteiger partial charge in [0.05, 0.1) is 26.4 Å². The summed E-state index contributed by atoms with van der Waals surface area (Å²) >= 11 is 0. The Morgan fingerprint density at radius 3 is 0.687 bits per heavy atom. The molecule has 0 aliphatic rings. The van der Waals surface area contributed by atoms with Crippen molar-refractivity contribution in [3.63, 3.8) is 0 Å². The first kappa shape index (κ1) is 97.1. The molecule has 17 nitrogen and oxygen atoms in total. The number of rotatable bonds is 80. The lowest BCUT2D eigenvalue weighted by Gasteiger charge is -2.21. The number of hydrogen-bond acceptors (Lipinski definition) is 15. The maximum Gasteiger partial charge on any atom is 0.472 e. The van der Waals surface area contributed by atoms with Gasteiger partial charge in [-0.15, -0.1) is 0 Å². The SMILES string of the molecule is CCCCCCCCCCCCCCCCCCC(=O)OC[C@H](COP(=O)(O)OC[C@@H](O)COP(=O)(O)OC[C@@H](COC(=O)CCCCCCCCCCCCCC)OC(=O)CCCCCCCCCCCCCCC)OC(=O)CCCCCCCCCCCCCCCCCC(C)C. The first-order valence-electron chi connectivity index (χ1n) is 41.6. The summed E-state index contributed by atoms with van der Waals surface area (Å²) in [6.07, 6.45) is 63.6. The molecule has 0 spiro atoms. The first-order chi connectivity index (χ1) is 48.0. The number of phosphoric acid groups is 2. The van der Waals surface area contributed by atoms with Gasteiger partial charge in [-0.05, 0) is 31.6 Å². The fourth-order valence-electron chi connectivity index (χ4n) is 12.4. The molecule has 99 heavy (non-hydrogen) atoms. The molecular weight excluding hydrogens is 1290 g/mol. The Balaban J connectivity index is 5.25. The largest absolute Gasteiger partial charge is 0.472 e. The third-order valence-corrected chi connectivity index (χ3v) is 20.7. The van der Waals surface area contributed by atoms with Gasteiger partial charge in [0.2, 0.25) is 0 Å². The van der Waals surface area contributed by atoms with Crippen LogP contribution in [0.3, 0.4) is 0 Å². The van der Waals surface area contributed by atoms with Crippen LogP contribution in [-0.2, 0) is 65.4 Å². The minimum absolute atomic E-state index is 0.108. The number of ether oxygens (including phenoxy) is 4. The summed E-state index contributed by atoms with van der Waals surface area (Å²) in [6.45, 7) is 7.36. The molecule has 0 bridgehead atoms. The van der Waals surface area contributed by atoms with Crippen molar-refractivity contribution in [1.29, 1.82) is 0 Å². The number of hydrogen-bond donors (Lipinski definition) is 3. The van der Waals surface area contributed by atoms with E-state index < -0.39 is 97.5 Å². The molecule has 0 saturated carbocycles. The van der Waals surface area contributed by atoms with Crippen LogP contribution in [0.4, 0.5) is 0 Å². The van der Waals surface area contributed by atoms with Crippen LogP contribution < -0.4 is 0 Å². The molecule has 0 heterocycles. The predicted octanol–water partition coefficient (Wildman–Crippen LogP) is 24.0. The Kier molecular flexibility index (Phi) is 71.6. The van der Waals surface area contributed by atoms with E-state index in [1.807, 2.05) is 0 Å². The quantitative estimate of drug-likeness (QED) is 0.0222. The zero-order valence-corrected chi connectivity index (χ0v) is 66.4. The lowest BCUT2D eigenvalue weighted by atomic mass is 10.0. The lowest BCUT2D eigenvalue weighted by molar-refractivity contribution is -0.161. The first-order valence-corrected chi connectivity index (χ1v) is 44.6. The molecular formula is C80H156O17P2. The number of aliphatic hydroxyl groups excluding tert-OH is 1. The average Bonchev–Trinajstić information content (AvgIpc) is 1.16. The van der Waals surface area contributed by atoms with Gasteiger partial charge in [0.1, 0.15) is 19.3 Å². The van der Waals surface area contributed by atoms with Gasteiger partial charge in [-0.25, -0.2) is 9.13 Å². The van der Waals surface area contributed by atoms with Crippen LogP contribution in [0, 0.1) is 5.92 Å². The van der Waals surface area contributed by atoms with Crippen molar-refractivity contribution in [3.05, 3.63) is 0 Å². The highest BCUT2D eigenvalue weighted by Crippen LogP contribution is 2.45. The molecule has 0 radical (unpaired) electrons. The van der Waals surface area contributed by atoms with E-state index in [9.17, 15) is 43.2 Å². The summed E-state index contributed by atoms with van der Waals surface area (Å²) in [5.41, 5.74) is 0. The molecule has 2 unspecified atom stereocenters. The van der Waals surface area contributed by atoms with Gasteiger partial charge in [0, 0.05) is 25.7 Å². The Morgan fingerprint density at radius 1 is 0.273 bits per heavy atom. The molecule has 0 aromatic carbocycles. The van der Waals surface area contributed by atoms with E-state index in [0.29, 0.717) is 25.7 Å². The van der Waals surface area contributed by atoms with Crippen LogP contribution in [0.2, 0.25) is 0 Å². The molecule has 588 valence electrons. The third kappa shape index (κ3) is 74.1. The van der Waals surface area contributed by atoms with Crippen molar-refractivity contribution in [2.24, 2.45) is 5.92 Å². The maximum atomic E-state index is 13.1. The number of esters is 4. The highest BCUT2D eigenvalue weighted by molar-refractivity contribution is 7.47. The molecule has 0 aromatic rings. The second-order valence-corrected chi connectivity index (χ2v) is 32.2. The van der Waals surface area contributed by atoms with Crippen molar-refractivity contribution < 1.29 is 80.2 Å². The molecule has 19 heteroatoms. The van der Waals surface area contributed by atoms with Crippen LogP contribution >= 0.6 is 15.6 Å². The summed E-state index contributed by atoms with van der Waals surface area (Å²) in [6, 6.07) is 0. The number of aliphatic hydroxyl groups is 1. The van der Waals surface area contributed by atoms with E-state index in [1.165, 1.54) is 250 Å². The van der Waals surface area contributed by atoms with E-state index >= 15 is 0 Å². The van der Waals surface area contributed by atoms with Crippen LogP contribution in [0.25, 0.3) is 0 Å². The van der Waals surface area contributed by atoms with Crippen molar-refractivity contribution in [3.8, 4) is 0 Å². The van der Waals surface area contributed by atoms with Crippen molar-refractivity contribution in [1.82, 2.24) is 0 Å². The molecule has 3 N–H and O–H groups in total. The Morgan fingerprint density at radius 2 is 0.465 bits per heavy atom. The Labute approximate surface area is 607 Å². The van der Waals surface area contributed by atoms with E-state index in [1.54, 1.807) is 0 Å². The third-order valence-electron chi connectivity index (χ3n) is 18.8. The van der Waals surface area contributed by atoms with Crippen molar-refractivity contribution in [2.75, 3.05) is 39.6 Å². The molecule has 5 atom stereocenters. The van der Waals surface area contributed by atoms with E-state index in [2.05, 4.69) is 34.6 Å². The van der Waals surface area contributed by atoms with Gasteiger partial charge in [-0.2, -0.15) is 0 Å². The van der Waals surface area contributed by atoms with Gasteiger partial charge in [0.15, 0.2) is 12.2 Å². The number of carbonyl (C=O) groups is 4. The average molecular weight is 1450 g/mol. The minimum atomic E-state index is -4.96. The second kappa shape index (κ2) is 73.0. The summed E-state index contributed by atoms with van der Waals surface area (Å²) < 4.78 is 68.7. The summed E-state index contributed by atoms with van der Waals surface area (Å²) in [4.78, 5) is 73.0. The van der Waals surface area contributed by atoms with Gasteiger partial charge < -0.3 is 33.8 Å². The monoisotopic (exact) mass is 1450 g/mol. The maximum absolute atomic E-state index is 13.1. The molecule has 0 aliphatic heterocycles. The zero-order chi connectivity index (χ0) is 72.7. The number of carbonyl (C=O) groups excluding carboxylic acids is 4. The smallest absolute Gasteiger partial charge is 0.462 e. The summed E-state index contributed by atoms with van der Waals surface area (Å²) in [5.74, 6) is -1.30. The fraction of sp³-hybridized carbons (Fsp3) is 0.950. The topological polar surface area (TPSA) is 237 Å². The molecule has 0 amide bonds.